The van der Waals surface area contributed by atoms with Crippen LogP contribution < -0.4 is 0 Å². The van der Waals surface area contributed by atoms with Crippen LogP contribution in [0.15, 0.2) is 5.38 Å². The van der Waals surface area contributed by atoms with Gasteiger partial charge in [-0.2, -0.15) is 0 Å². The van der Waals surface area contributed by atoms with Gasteiger partial charge < -0.3 is 5.11 Å². The molecule has 5 heteroatoms. The Hall–Kier alpha value is -0.940. The van der Waals surface area contributed by atoms with Gasteiger partial charge in [0.25, 0.3) is 0 Å². The molecule has 1 fully saturated rings. The standard InChI is InChI=1S/C12H18N2O2S/c1-9-4-2-3-5-14(9)7-11-13-10(8-17-11)6-12(15)16/h8-9H,2-7H2,1H3,(H,15,16). The van der Waals surface area contributed by atoms with Crippen LogP contribution in [0.5, 0.6) is 0 Å². The van der Waals surface area contributed by atoms with Crippen LogP contribution in [-0.2, 0) is 17.8 Å². The van der Waals surface area contributed by atoms with E-state index < -0.39 is 5.97 Å². The Kier molecular flexibility index (Phi) is 4.12. The lowest BCUT2D eigenvalue weighted by Crippen LogP contribution is -2.36. The Morgan fingerprint density at radius 2 is 2.47 bits per heavy atom. The average molecular weight is 254 g/mol. The van der Waals surface area contributed by atoms with Crippen LogP contribution in [0.4, 0.5) is 0 Å². The summed E-state index contributed by atoms with van der Waals surface area (Å²) in [5.41, 5.74) is 0.683. The van der Waals surface area contributed by atoms with E-state index in [1.54, 1.807) is 11.3 Å². The highest BCUT2D eigenvalue weighted by atomic mass is 32.1. The number of carbonyl (C=O) groups is 1. The maximum atomic E-state index is 10.6. The Labute approximate surface area is 105 Å². The van der Waals surface area contributed by atoms with Gasteiger partial charge in [0.1, 0.15) is 5.01 Å². The van der Waals surface area contributed by atoms with E-state index in [-0.39, 0.29) is 6.42 Å². The van der Waals surface area contributed by atoms with Gasteiger partial charge in [0.2, 0.25) is 0 Å². The Balaban J connectivity index is 1.93. The van der Waals surface area contributed by atoms with Crippen LogP contribution in [0.2, 0.25) is 0 Å². The first-order valence-electron chi connectivity index (χ1n) is 6.04. The summed E-state index contributed by atoms with van der Waals surface area (Å²) in [5, 5.41) is 11.6. The zero-order chi connectivity index (χ0) is 12.3. The number of carboxylic acid groups (broad SMARTS) is 1. The number of aromatic nitrogens is 1. The molecule has 17 heavy (non-hydrogen) atoms. The molecule has 2 heterocycles. The quantitative estimate of drug-likeness (QED) is 0.894. The summed E-state index contributed by atoms with van der Waals surface area (Å²) in [6.45, 7) is 4.26. The van der Waals surface area contributed by atoms with E-state index in [0.717, 1.165) is 18.1 Å². The zero-order valence-electron chi connectivity index (χ0n) is 10.1. The number of aliphatic carboxylic acids is 1. The fourth-order valence-corrected chi connectivity index (χ4v) is 3.04. The smallest absolute Gasteiger partial charge is 0.309 e. The molecule has 0 amide bonds. The van der Waals surface area contributed by atoms with Crippen LogP contribution in [0.3, 0.4) is 0 Å². The normalized spacial score (nSPS) is 21.6. The lowest BCUT2D eigenvalue weighted by molar-refractivity contribution is -0.136. The molecular formula is C12H18N2O2S. The van der Waals surface area contributed by atoms with Crippen molar-refractivity contribution < 1.29 is 9.90 Å². The topological polar surface area (TPSA) is 53.4 Å². The first-order chi connectivity index (χ1) is 8.15. The van der Waals surface area contributed by atoms with Crippen molar-refractivity contribution in [1.29, 1.82) is 0 Å². The Bertz CT molecular complexity index is 392. The number of likely N-dealkylation sites (tertiary alicyclic amines) is 1. The molecule has 1 aliphatic heterocycles. The van der Waals surface area contributed by atoms with Crippen molar-refractivity contribution in [2.24, 2.45) is 0 Å². The maximum Gasteiger partial charge on any atom is 0.309 e. The minimum Gasteiger partial charge on any atom is -0.481 e. The van der Waals surface area contributed by atoms with E-state index in [9.17, 15) is 4.79 Å². The predicted molar refractivity (Wildman–Crippen MR) is 67.2 cm³/mol. The van der Waals surface area contributed by atoms with Crippen LogP contribution in [0.25, 0.3) is 0 Å². The molecular weight excluding hydrogens is 236 g/mol. The van der Waals surface area contributed by atoms with Crippen LogP contribution in [0, 0.1) is 0 Å². The third-order valence-corrected chi connectivity index (χ3v) is 4.09. The molecule has 1 aromatic rings. The highest BCUT2D eigenvalue weighted by molar-refractivity contribution is 7.09. The summed E-state index contributed by atoms with van der Waals surface area (Å²) in [7, 11) is 0. The molecule has 1 atom stereocenters. The van der Waals surface area contributed by atoms with E-state index in [1.165, 1.54) is 19.3 Å². The van der Waals surface area contributed by atoms with Gasteiger partial charge in [-0.25, -0.2) is 4.98 Å². The fourth-order valence-electron chi connectivity index (χ4n) is 2.22. The molecule has 0 radical (unpaired) electrons. The molecule has 0 aromatic carbocycles. The number of nitrogens with zero attached hydrogens (tertiary/aromatic N) is 2. The van der Waals surface area contributed by atoms with Gasteiger partial charge >= 0.3 is 5.97 Å². The Morgan fingerprint density at radius 1 is 1.65 bits per heavy atom. The predicted octanol–water partition coefficient (Wildman–Crippen LogP) is 2.14. The second-order valence-corrected chi connectivity index (χ2v) is 5.56. The molecule has 4 nitrogen and oxygen atoms in total. The molecule has 0 aliphatic carbocycles. The third kappa shape index (κ3) is 3.51. The highest BCUT2D eigenvalue weighted by Crippen LogP contribution is 2.20. The van der Waals surface area contributed by atoms with Crippen molar-refractivity contribution in [3.8, 4) is 0 Å². The second kappa shape index (κ2) is 5.60. The van der Waals surface area contributed by atoms with Crippen molar-refractivity contribution in [2.45, 2.75) is 45.2 Å². The molecule has 0 spiro atoms. The van der Waals surface area contributed by atoms with Crippen LogP contribution in [0.1, 0.15) is 36.9 Å². The molecule has 0 bridgehead atoms. The molecule has 1 aliphatic rings. The first kappa shape index (κ1) is 12.5. The summed E-state index contributed by atoms with van der Waals surface area (Å²) in [5.74, 6) is -0.812. The average Bonchev–Trinajstić information content (AvgIpc) is 2.68. The molecule has 1 unspecified atom stereocenters. The van der Waals surface area contributed by atoms with Gasteiger partial charge in [-0.1, -0.05) is 6.42 Å². The SMILES string of the molecule is CC1CCCCN1Cc1nc(CC(=O)O)cs1. The summed E-state index contributed by atoms with van der Waals surface area (Å²) < 4.78 is 0. The highest BCUT2D eigenvalue weighted by Gasteiger charge is 2.19. The Morgan fingerprint density at radius 3 is 3.18 bits per heavy atom. The summed E-state index contributed by atoms with van der Waals surface area (Å²) in [6, 6.07) is 0.621. The van der Waals surface area contributed by atoms with E-state index >= 15 is 0 Å². The minimum atomic E-state index is -0.812. The second-order valence-electron chi connectivity index (χ2n) is 4.62. The van der Waals surface area contributed by atoms with Gasteiger partial charge in [-0.3, -0.25) is 9.69 Å². The monoisotopic (exact) mass is 254 g/mol. The number of thiazole rings is 1. The molecule has 1 saturated heterocycles. The molecule has 2 rings (SSSR count). The van der Waals surface area contributed by atoms with Crippen molar-refractivity contribution in [2.75, 3.05) is 6.54 Å². The van der Waals surface area contributed by atoms with Gasteiger partial charge in [-0.15, -0.1) is 11.3 Å². The van der Waals surface area contributed by atoms with E-state index in [2.05, 4.69) is 16.8 Å². The van der Waals surface area contributed by atoms with E-state index in [0.29, 0.717) is 11.7 Å². The van der Waals surface area contributed by atoms with Gasteiger partial charge in [0.05, 0.1) is 18.7 Å². The lowest BCUT2D eigenvalue weighted by Gasteiger charge is -2.32. The third-order valence-electron chi connectivity index (χ3n) is 3.21. The molecule has 1 aromatic heterocycles. The fraction of sp³-hybridized carbons (Fsp3) is 0.667. The van der Waals surface area contributed by atoms with Crippen molar-refractivity contribution in [3.05, 3.63) is 16.1 Å². The summed E-state index contributed by atoms with van der Waals surface area (Å²) in [4.78, 5) is 17.4. The number of hydrogen-bond donors (Lipinski definition) is 1. The molecule has 1 N–H and O–H groups in total. The minimum absolute atomic E-state index is 0.0338. The summed E-state index contributed by atoms with van der Waals surface area (Å²) >= 11 is 1.57. The van der Waals surface area contributed by atoms with Gasteiger partial charge in [0, 0.05) is 11.4 Å². The van der Waals surface area contributed by atoms with Crippen molar-refractivity contribution in [1.82, 2.24) is 9.88 Å². The van der Waals surface area contributed by atoms with Crippen molar-refractivity contribution in [3.63, 3.8) is 0 Å². The van der Waals surface area contributed by atoms with E-state index in [1.807, 2.05) is 5.38 Å². The lowest BCUT2D eigenvalue weighted by atomic mass is 10.0. The van der Waals surface area contributed by atoms with Crippen LogP contribution >= 0.6 is 11.3 Å². The number of hydrogen-bond acceptors (Lipinski definition) is 4. The number of rotatable bonds is 4. The van der Waals surface area contributed by atoms with E-state index in [4.69, 9.17) is 5.11 Å². The van der Waals surface area contributed by atoms with Gasteiger partial charge in [-0.05, 0) is 26.3 Å². The largest absolute Gasteiger partial charge is 0.481 e. The molecule has 0 saturated carbocycles. The summed E-state index contributed by atoms with van der Waals surface area (Å²) in [6.07, 6.45) is 3.87. The number of piperidine rings is 1. The van der Waals surface area contributed by atoms with Crippen molar-refractivity contribution >= 4 is 17.3 Å². The first-order valence-corrected chi connectivity index (χ1v) is 6.92. The zero-order valence-corrected chi connectivity index (χ0v) is 10.9. The van der Waals surface area contributed by atoms with Crippen LogP contribution in [-0.4, -0.2) is 33.5 Å². The number of carboxylic acids is 1. The van der Waals surface area contributed by atoms with Gasteiger partial charge in [0.15, 0.2) is 0 Å². The maximum absolute atomic E-state index is 10.6. The molecule has 94 valence electrons.